The van der Waals surface area contributed by atoms with E-state index in [1.165, 1.54) is 17.0 Å². The summed E-state index contributed by atoms with van der Waals surface area (Å²) >= 11 is 0. The number of hydrogen-bond donors (Lipinski definition) is 1. The first kappa shape index (κ1) is 24.0. The average Bonchev–Trinajstić information content (AvgIpc) is 2.85. The van der Waals surface area contributed by atoms with Gasteiger partial charge in [0.15, 0.2) is 0 Å². The molecule has 1 fully saturated rings. The minimum absolute atomic E-state index is 0.00339. The third-order valence-corrected chi connectivity index (χ3v) is 6.25. The molecule has 3 aromatic rings. The molecule has 1 N–H and O–H groups in total. The van der Waals surface area contributed by atoms with Crippen LogP contribution in [0.15, 0.2) is 60.7 Å². The van der Waals surface area contributed by atoms with E-state index in [0.29, 0.717) is 32.8 Å². The zero-order chi connectivity index (χ0) is 23.9. The molecular formula is C27H30FNO5. The van der Waals surface area contributed by atoms with Crippen LogP contribution in [0.25, 0.3) is 10.8 Å². The molecule has 2 atom stereocenters. The molecule has 0 bridgehead atoms. The van der Waals surface area contributed by atoms with Crippen molar-refractivity contribution in [1.82, 2.24) is 4.90 Å². The van der Waals surface area contributed by atoms with E-state index in [0.717, 1.165) is 34.1 Å². The van der Waals surface area contributed by atoms with Crippen molar-refractivity contribution in [3.63, 3.8) is 0 Å². The van der Waals surface area contributed by atoms with Crippen LogP contribution >= 0.6 is 0 Å². The number of benzene rings is 3. The molecule has 0 saturated carbocycles. The summed E-state index contributed by atoms with van der Waals surface area (Å²) in [5.74, 6) is 0.520. The van der Waals surface area contributed by atoms with Crippen LogP contribution in [-0.4, -0.2) is 55.6 Å². The predicted molar refractivity (Wildman–Crippen MR) is 128 cm³/mol. The quantitative estimate of drug-likeness (QED) is 0.424. The van der Waals surface area contributed by atoms with Crippen molar-refractivity contribution < 1.29 is 28.5 Å². The van der Waals surface area contributed by atoms with E-state index in [4.69, 9.17) is 14.2 Å². The molecule has 7 heteroatoms. The van der Waals surface area contributed by atoms with Crippen molar-refractivity contribution in [2.45, 2.75) is 31.5 Å². The second kappa shape index (κ2) is 11.3. The van der Waals surface area contributed by atoms with Gasteiger partial charge in [0.1, 0.15) is 11.6 Å². The highest BCUT2D eigenvalue weighted by atomic mass is 19.1. The number of rotatable bonds is 9. The zero-order valence-corrected chi connectivity index (χ0v) is 19.3. The van der Waals surface area contributed by atoms with Gasteiger partial charge in [0.05, 0.1) is 25.9 Å². The molecule has 6 nitrogen and oxygen atoms in total. The lowest BCUT2D eigenvalue weighted by Gasteiger charge is -2.37. The Morgan fingerprint density at radius 2 is 1.94 bits per heavy atom. The van der Waals surface area contributed by atoms with E-state index in [1.807, 2.05) is 30.3 Å². The maximum atomic E-state index is 13.4. The number of methoxy groups -OCH3 is 1. The summed E-state index contributed by atoms with van der Waals surface area (Å²) in [5.41, 5.74) is 1.94. The van der Waals surface area contributed by atoms with Gasteiger partial charge in [-0.05, 0) is 47.2 Å². The zero-order valence-electron chi connectivity index (χ0n) is 19.3. The summed E-state index contributed by atoms with van der Waals surface area (Å²) in [7, 11) is 1.67. The topological polar surface area (TPSA) is 68.2 Å². The third kappa shape index (κ3) is 5.85. The van der Waals surface area contributed by atoms with E-state index in [1.54, 1.807) is 19.2 Å². The second-order valence-electron chi connectivity index (χ2n) is 8.53. The van der Waals surface area contributed by atoms with Gasteiger partial charge < -0.3 is 24.2 Å². The first-order valence-corrected chi connectivity index (χ1v) is 11.5. The molecule has 0 aromatic heterocycles. The number of fused-ring (bicyclic) bond motifs is 1. The number of nitrogens with zero attached hydrogens (tertiary/aromatic N) is 1. The summed E-state index contributed by atoms with van der Waals surface area (Å²) < 4.78 is 30.8. The number of ether oxygens (including phenoxy) is 3. The Bertz CT molecular complexity index is 1100. The molecule has 1 saturated heterocycles. The smallest absolute Gasteiger partial charge is 0.407 e. The molecule has 1 aliphatic heterocycles. The van der Waals surface area contributed by atoms with E-state index >= 15 is 0 Å². The Kier molecular flexibility index (Phi) is 7.98. The lowest BCUT2D eigenvalue weighted by molar-refractivity contribution is -0.0199. The monoisotopic (exact) mass is 467 g/mol. The Hall–Kier alpha value is -3.16. The van der Waals surface area contributed by atoms with E-state index in [-0.39, 0.29) is 24.4 Å². The second-order valence-corrected chi connectivity index (χ2v) is 8.53. The largest absolute Gasteiger partial charge is 0.493 e. The minimum atomic E-state index is -0.952. The van der Waals surface area contributed by atoms with Crippen molar-refractivity contribution in [2.75, 3.05) is 33.4 Å². The van der Waals surface area contributed by atoms with Crippen LogP contribution in [0.1, 0.15) is 29.9 Å². The molecule has 180 valence electrons. The molecule has 3 aromatic carbocycles. The van der Waals surface area contributed by atoms with Crippen LogP contribution in [0.4, 0.5) is 9.18 Å². The summed E-state index contributed by atoms with van der Waals surface area (Å²) in [5, 5.41) is 11.6. The molecule has 2 unspecified atom stereocenters. The average molecular weight is 468 g/mol. The molecule has 1 heterocycles. The van der Waals surface area contributed by atoms with E-state index in [9.17, 15) is 14.3 Å². The number of carbonyl (C=O) groups is 1. The molecule has 1 amide bonds. The Morgan fingerprint density at radius 3 is 2.71 bits per heavy atom. The molecule has 0 aliphatic carbocycles. The first-order valence-electron chi connectivity index (χ1n) is 11.5. The number of amides is 1. The van der Waals surface area contributed by atoms with Crippen LogP contribution in [0.5, 0.6) is 5.75 Å². The van der Waals surface area contributed by atoms with Crippen molar-refractivity contribution in [1.29, 1.82) is 0 Å². The summed E-state index contributed by atoms with van der Waals surface area (Å²) in [6.07, 6.45) is 0.154. The lowest BCUT2D eigenvalue weighted by atomic mass is 9.87. The number of halogens is 1. The highest BCUT2D eigenvalue weighted by Crippen LogP contribution is 2.32. The van der Waals surface area contributed by atoms with Crippen LogP contribution in [0.3, 0.4) is 0 Å². The Morgan fingerprint density at radius 1 is 1.12 bits per heavy atom. The van der Waals surface area contributed by atoms with Crippen molar-refractivity contribution in [2.24, 2.45) is 0 Å². The minimum Gasteiger partial charge on any atom is -0.493 e. The van der Waals surface area contributed by atoms with Gasteiger partial charge in [-0.1, -0.05) is 36.4 Å². The van der Waals surface area contributed by atoms with Gasteiger partial charge in [-0.3, -0.25) is 0 Å². The molecule has 1 aliphatic rings. The Balaban J connectivity index is 1.50. The van der Waals surface area contributed by atoms with Gasteiger partial charge in [0, 0.05) is 38.0 Å². The first-order chi connectivity index (χ1) is 16.5. The van der Waals surface area contributed by atoms with Crippen LogP contribution in [0.2, 0.25) is 0 Å². The van der Waals surface area contributed by atoms with Gasteiger partial charge in [-0.15, -0.1) is 0 Å². The van der Waals surface area contributed by atoms with Crippen LogP contribution in [-0.2, 0) is 16.1 Å². The van der Waals surface area contributed by atoms with Gasteiger partial charge >= 0.3 is 6.09 Å². The summed E-state index contributed by atoms with van der Waals surface area (Å²) in [6, 6.07) is 18.5. The van der Waals surface area contributed by atoms with Crippen LogP contribution in [0, 0.1) is 5.82 Å². The highest BCUT2D eigenvalue weighted by molar-refractivity contribution is 5.88. The molecule has 0 radical (unpaired) electrons. The fourth-order valence-corrected chi connectivity index (χ4v) is 4.45. The Labute approximate surface area is 198 Å². The van der Waals surface area contributed by atoms with E-state index in [2.05, 4.69) is 6.07 Å². The number of carboxylic acid groups (broad SMARTS) is 1. The number of hydrogen-bond acceptors (Lipinski definition) is 4. The van der Waals surface area contributed by atoms with Crippen molar-refractivity contribution in [3.05, 3.63) is 77.6 Å². The van der Waals surface area contributed by atoms with Crippen LogP contribution < -0.4 is 4.74 Å². The molecular weight excluding hydrogens is 437 g/mol. The fraction of sp³-hybridized carbons (Fsp3) is 0.370. The normalized spacial score (nSPS) is 18.2. The molecule has 0 spiro atoms. The standard InChI is InChI=1S/C27H30FNO5/c1-32-14-3-15-33-25-5-2-4-20-7-6-19(16-24(20)25)18-34-26-17-29(27(30)31)13-12-23(26)21-8-10-22(28)11-9-21/h2,4-11,16,23,26H,3,12-15,17-18H2,1H3,(H,30,31). The third-order valence-electron chi connectivity index (χ3n) is 6.25. The number of likely N-dealkylation sites (tertiary alicyclic amines) is 1. The van der Waals surface area contributed by atoms with Gasteiger partial charge in [-0.2, -0.15) is 0 Å². The SMILES string of the molecule is COCCCOc1cccc2ccc(COC3CN(C(=O)O)CCC3c3ccc(F)cc3)cc12. The molecule has 34 heavy (non-hydrogen) atoms. The highest BCUT2D eigenvalue weighted by Gasteiger charge is 2.33. The van der Waals surface area contributed by atoms with Gasteiger partial charge in [0.2, 0.25) is 0 Å². The maximum Gasteiger partial charge on any atom is 0.407 e. The number of piperidine rings is 1. The van der Waals surface area contributed by atoms with Gasteiger partial charge in [0.25, 0.3) is 0 Å². The summed E-state index contributed by atoms with van der Waals surface area (Å²) in [6.45, 7) is 2.26. The van der Waals surface area contributed by atoms with E-state index < -0.39 is 6.09 Å². The molecule has 4 rings (SSSR count). The fourth-order valence-electron chi connectivity index (χ4n) is 4.45. The predicted octanol–water partition coefficient (Wildman–Crippen LogP) is 5.45. The lowest BCUT2D eigenvalue weighted by Crippen LogP contribution is -2.46. The van der Waals surface area contributed by atoms with Crippen molar-refractivity contribution >= 4 is 16.9 Å². The maximum absolute atomic E-state index is 13.4. The van der Waals surface area contributed by atoms with Crippen molar-refractivity contribution in [3.8, 4) is 5.75 Å². The summed E-state index contributed by atoms with van der Waals surface area (Å²) in [4.78, 5) is 13.0. The van der Waals surface area contributed by atoms with Gasteiger partial charge in [-0.25, -0.2) is 9.18 Å².